The predicted octanol–water partition coefficient (Wildman–Crippen LogP) is 2.19. The topological polar surface area (TPSA) is 47.7 Å². The number of nitrogens with zero attached hydrogens (tertiary/aromatic N) is 4. The molecule has 5 nitrogen and oxygen atoms in total. The van der Waals surface area contributed by atoms with Gasteiger partial charge in [0.1, 0.15) is 0 Å². The van der Waals surface area contributed by atoms with E-state index in [0.717, 1.165) is 36.8 Å². The van der Waals surface area contributed by atoms with Crippen molar-refractivity contribution in [3.05, 3.63) is 29.8 Å². The Morgan fingerprint density at radius 1 is 1.39 bits per heavy atom. The summed E-state index contributed by atoms with van der Waals surface area (Å²) in [5.74, 6) is 0.937. The minimum atomic E-state index is 0.760. The predicted molar refractivity (Wildman–Crippen MR) is 72.7 cm³/mol. The van der Waals surface area contributed by atoms with Gasteiger partial charge in [0.15, 0.2) is 0 Å². The van der Waals surface area contributed by atoms with Crippen LogP contribution in [0.25, 0.3) is 0 Å². The van der Waals surface area contributed by atoms with Crippen LogP contribution in [-0.4, -0.2) is 25.9 Å². The van der Waals surface area contributed by atoms with E-state index < -0.39 is 0 Å². The van der Waals surface area contributed by atoms with Crippen molar-refractivity contribution in [2.45, 2.75) is 33.2 Å². The largest absolute Gasteiger partial charge is 0.356 e. The van der Waals surface area contributed by atoms with Crippen LogP contribution in [0.2, 0.25) is 0 Å². The zero-order chi connectivity index (χ0) is 13.0. The molecule has 0 bridgehead atoms. The molecule has 1 N–H and O–H groups in total. The molecule has 18 heavy (non-hydrogen) atoms. The highest BCUT2D eigenvalue weighted by Crippen LogP contribution is 2.11. The fourth-order valence-corrected chi connectivity index (χ4v) is 1.91. The molecular formula is C13H21N5. The molecule has 2 rings (SSSR count). The lowest BCUT2D eigenvalue weighted by molar-refractivity contribution is 0.705. The van der Waals surface area contributed by atoms with Crippen LogP contribution in [0.15, 0.2) is 18.5 Å². The Kier molecular flexibility index (Phi) is 4.02. The minimum absolute atomic E-state index is 0.760. The minimum Gasteiger partial charge on any atom is -0.356 e. The van der Waals surface area contributed by atoms with E-state index in [4.69, 9.17) is 0 Å². The molecule has 0 aliphatic rings. The number of rotatable bonds is 6. The van der Waals surface area contributed by atoms with Gasteiger partial charge in [-0.25, -0.2) is 4.98 Å². The molecule has 0 aliphatic heterocycles. The molecular weight excluding hydrogens is 226 g/mol. The van der Waals surface area contributed by atoms with E-state index in [0.29, 0.717) is 0 Å². The Hall–Kier alpha value is -1.78. The third-order valence-electron chi connectivity index (χ3n) is 2.81. The van der Waals surface area contributed by atoms with Gasteiger partial charge in [-0.2, -0.15) is 5.10 Å². The quantitative estimate of drug-likeness (QED) is 0.796. The molecule has 2 aromatic rings. The first-order chi connectivity index (χ1) is 8.69. The molecule has 0 radical (unpaired) electrons. The molecule has 0 saturated heterocycles. The number of anilines is 1. The molecule has 0 aliphatic carbocycles. The smallest absolute Gasteiger partial charge is 0.203 e. The third kappa shape index (κ3) is 3.12. The van der Waals surface area contributed by atoms with Crippen LogP contribution in [0, 0.1) is 6.92 Å². The zero-order valence-corrected chi connectivity index (χ0v) is 11.3. The van der Waals surface area contributed by atoms with Crippen LogP contribution < -0.4 is 5.32 Å². The molecule has 0 unspecified atom stereocenters. The first-order valence-electron chi connectivity index (χ1n) is 6.45. The highest BCUT2D eigenvalue weighted by atomic mass is 15.3. The molecule has 0 atom stereocenters. The second-order valence-electron chi connectivity index (χ2n) is 4.59. The van der Waals surface area contributed by atoms with E-state index in [1.807, 2.05) is 30.9 Å². The Morgan fingerprint density at radius 2 is 2.22 bits per heavy atom. The summed E-state index contributed by atoms with van der Waals surface area (Å²) in [6.45, 7) is 5.93. The van der Waals surface area contributed by atoms with Gasteiger partial charge in [-0.05, 0) is 19.4 Å². The summed E-state index contributed by atoms with van der Waals surface area (Å²) in [7, 11) is 1.93. The van der Waals surface area contributed by atoms with E-state index in [1.165, 1.54) is 6.42 Å². The van der Waals surface area contributed by atoms with Crippen molar-refractivity contribution in [3.63, 3.8) is 0 Å². The average Bonchev–Trinajstić information content (AvgIpc) is 2.87. The lowest BCUT2D eigenvalue weighted by Crippen LogP contribution is -2.09. The monoisotopic (exact) mass is 247 g/mol. The van der Waals surface area contributed by atoms with Gasteiger partial charge in [0.05, 0.1) is 17.9 Å². The number of aromatic nitrogens is 4. The summed E-state index contributed by atoms with van der Waals surface area (Å²) in [6, 6.07) is 2.03. The highest BCUT2D eigenvalue weighted by Gasteiger charge is 2.06. The first kappa shape index (κ1) is 12.7. The standard InChI is InChI=1S/C13H21N5/c1-4-5-7-14-13-15-11(2)9-18(13)10-12-6-8-17(3)16-12/h6,8-9H,4-5,7,10H2,1-3H3,(H,14,15). The van der Waals surface area contributed by atoms with Gasteiger partial charge in [0.2, 0.25) is 5.95 Å². The van der Waals surface area contributed by atoms with E-state index in [-0.39, 0.29) is 0 Å². The van der Waals surface area contributed by atoms with E-state index in [2.05, 4.69) is 33.1 Å². The number of hydrogen-bond donors (Lipinski definition) is 1. The molecule has 2 aromatic heterocycles. The molecule has 98 valence electrons. The van der Waals surface area contributed by atoms with Crippen molar-refractivity contribution < 1.29 is 0 Å². The van der Waals surface area contributed by atoms with Crippen LogP contribution in [0.4, 0.5) is 5.95 Å². The van der Waals surface area contributed by atoms with Gasteiger partial charge in [-0.15, -0.1) is 0 Å². The molecule has 0 amide bonds. The molecule has 0 aromatic carbocycles. The second-order valence-corrected chi connectivity index (χ2v) is 4.59. The van der Waals surface area contributed by atoms with Gasteiger partial charge in [-0.1, -0.05) is 13.3 Å². The number of imidazole rings is 1. The van der Waals surface area contributed by atoms with Crippen molar-refractivity contribution in [2.24, 2.45) is 7.05 Å². The number of hydrogen-bond acceptors (Lipinski definition) is 3. The molecule has 0 fully saturated rings. The molecule has 0 saturated carbocycles. The van der Waals surface area contributed by atoms with E-state index >= 15 is 0 Å². The van der Waals surface area contributed by atoms with Gasteiger partial charge in [0.25, 0.3) is 0 Å². The normalized spacial score (nSPS) is 10.8. The maximum absolute atomic E-state index is 4.50. The van der Waals surface area contributed by atoms with Crippen molar-refractivity contribution in [1.82, 2.24) is 19.3 Å². The molecule has 0 spiro atoms. The SMILES string of the molecule is CCCCNc1nc(C)cn1Cc1ccn(C)n1. The van der Waals surface area contributed by atoms with Crippen molar-refractivity contribution >= 4 is 5.95 Å². The van der Waals surface area contributed by atoms with Gasteiger partial charge in [0, 0.05) is 26.0 Å². The number of unbranched alkanes of at least 4 members (excludes halogenated alkanes) is 1. The van der Waals surface area contributed by atoms with Crippen LogP contribution in [0.5, 0.6) is 0 Å². The summed E-state index contributed by atoms with van der Waals surface area (Å²) in [4.78, 5) is 4.50. The van der Waals surface area contributed by atoms with E-state index in [1.54, 1.807) is 0 Å². The van der Waals surface area contributed by atoms with Crippen molar-refractivity contribution in [1.29, 1.82) is 0 Å². The summed E-state index contributed by atoms with van der Waals surface area (Å²) < 4.78 is 3.94. The lowest BCUT2D eigenvalue weighted by atomic mass is 10.3. The zero-order valence-electron chi connectivity index (χ0n) is 11.3. The average molecular weight is 247 g/mol. The lowest BCUT2D eigenvalue weighted by Gasteiger charge is -2.07. The van der Waals surface area contributed by atoms with E-state index in [9.17, 15) is 0 Å². The summed E-state index contributed by atoms with van der Waals surface area (Å²) in [5, 5.41) is 7.77. The molecule has 2 heterocycles. The Labute approximate surface area is 108 Å². The summed E-state index contributed by atoms with van der Waals surface area (Å²) >= 11 is 0. The first-order valence-corrected chi connectivity index (χ1v) is 6.45. The van der Waals surface area contributed by atoms with Crippen LogP contribution >= 0.6 is 0 Å². The second kappa shape index (κ2) is 5.71. The van der Waals surface area contributed by atoms with Gasteiger partial charge >= 0.3 is 0 Å². The van der Waals surface area contributed by atoms with Gasteiger partial charge < -0.3 is 9.88 Å². The van der Waals surface area contributed by atoms with Crippen LogP contribution in [0.1, 0.15) is 31.2 Å². The maximum Gasteiger partial charge on any atom is 0.203 e. The maximum atomic E-state index is 4.50. The fraction of sp³-hybridized carbons (Fsp3) is 0.538. The Bertz CT molecular complexity index is 497. The fourth-order valence-electron chi connectivity index (χ4n) is 1.91. The van der Waals surface area contributed by atoms with Crippen molar-refractivity contribution in [2.75, 3.05) is 11.9 Å². The van der Waals surface area contributed by atoms with Crippen molar-refractivity contribution in [3.8, 4) is 0 Å². The summed E-state index contributed by atoms with van der Waals surface area (Å²) in [6.07, 6.45) is 6.37. The Balaban J connectivity index is 2.06. The molecule has 5 heteroatoms. The van der Waals surface area contributed by atoms with Crippen LogP contribution in [-0.2, 0) is 13.6 Å². The summed E-state index contributed by atoms with van der Waals surface area (Å²) in [5.41, 5.74) is 2.08. The van der Waals surface area contributed by atoms with Crippen LogP contribution in [0.3, 0.4) is 0 Å². The number of nitrogens with one attached hydrogen (secondary N) is 1. The highest BCUT2D eigenvalue weighted by molar-refractivity contribution is 5.29. The third-order valence-corrected chi connectivity index (χ3v) is 2.81. The Morgan fingerprint density at radius 3 is 2.89 bits per heavy atom. The number of aryl methyl sites for hydroxylation is 2. The van der Waals surface area contributed by atoms with Gasteiger partial charge in [-0.3, -0.25) is 4.68 Å².